The minimum absolute atomic E-state index is 0.223. The monoisotopic (exact) mass is 477 g/mol. The van der Waals surface area contributed by atoms with Crippen LogP contribution in [0.4, 0.5) is 5.95 Å². The van der Waals surface area contributed by atoms with Crippen molar-refractivity contribution in [2.24, 2.45) is 7.05 Å². The van der Waals surface area contributed by atoms with Gasteiger partial charge in [0.25, 0.3) is 0 Å². The molecule has 0 saturated heterocycles. The number of carbonyl (C=O) groups is 1. The summed E-state index contributed by atoms with van der Waals surface area (Å²) in [7, 11) is 1.92. The molecule has 34 heavy (non-hydrogen) atoms. The molecule has 0 saturated carbocycles. The van der Waals surface area contributed by atoms with Crippen LogP contribution in [0, 0.1) is 0 Å². The van der Waals surface area contributed by atoms with Gasteiger partial charge in [-0.25, -0.2) is 4.98 Å². The normalized spacial score (nSPS) is 10.0. The Morgan fingerprint density at radius 1 is 1.24 bits per heavy atom. The second-order valence-corrected chi connectivity index (χ2v) is 7.85. The van der Waals surface area contributed by atoms with Gasteiger partial charge in [-0.15, -0.1) is 6.58 Å². The highest BCUT2D eigenvalue weighted by atomic mass is 32.2. The van der Waals surface area contributed by atoms with Crippen molar-refractivity contribution in [3.63, 3.8) is 0 Å². The first-order valence-corrected chi connectivity index (χ1v) is 12.0. The fourth-order valence-corrected chi connectivity index (χ4v) is 3.38. The lowest BCUT2D eigenvalue weighted by Gasteiger charge is -2.10. The molecule has 0 amide bonds. The average molecular weight is 478 g/mol. The van der Waals surface area contributed by atoms with E-state index in [1.54, 1.807) is 23.9 Å². The fraction of sp³-hybridized carbons (Fsp3) is 0.259. The Labute approximate surface area is 207 Å². The lowest BCUT2D eigenvalue weighted by Crippen LogP contribution is -2.11. The summed E-state index contributed by atoms with van der Waals surface area (Å²) >= 11 is 1.20. The van der Waals surface area contributed by atoms with E-state index in [-0.39, 0.29) is 5.78 Å². The molecule has 0 aromatic carbocycles. The van der Waals surface area contributed by atoms with Crippen LogP contribution in [-0.2, 0) is 20.0 Å². The third kappa shape index (κ3) is 7.85. The third-order valence-electron chi connectivity index (χ3n) is 4.34. The van der Waals surface area contributed by atoms with E-state index >= 15 is 0 Å². The van der Waals surface area contributed by atoms with Crippen molar-refractivity contribution in [3.05, 3.63) is 95.8 Å². The summed E-state index contributed by atoms with van der Waals surface area (Å²) in [5.41, 5.74) is 3.05. The predicted octanol–water partition coefficient (Wildman–Crippen LogP) is 6.89. The molecular weight excluding hydrogens is 442 g/mol. The standard InChI is InChI=1S/C22H23N5OS.C3H6.C2H6/c1-5-7-10-17-14-27(4)21-18(17)19(20(28)15(3)29-6-2)25-22(26-21)24-13-16-9-8-11-23-12-16;1-3-2;1-2/h5-9,11-12,14H,2-3,10,13H2,1,4H3,(H,24,25,26);3H,1H2,2H3;1-2H3/b7-5-;;. The highest BCUT2D eigenvalue weighted by Gasteiger charge is 2.22. The van der Waals surface area contributed by atoms with E-state index in [4.69, 9.17) is 0 Å². The summed E-state index contributed by atoms with van der Waals surface area (Å²) in [6, 6.07) is 3.84. The van der Waals surface area contributed by atoms with Gasteiger partial charge in [0, 0.05) is 32.2 Å². The number of carbonyl (C=O) groups excluding carboxylic acids is 1. The molecule has 0 spiro atoms. The maximum absolute atomic E-state index is 13.1. The number of allylic oxidation sites excluding steroid dienone is 4. The number of fused-ring (bicyclic) bond motifs is 1. The lowest BCUT2D eigenvalue weighted by atomic mass is 10.1. The molecular formula is C27H35N5OS. The van der Waals surface area contributed by atoms with E-state index in [2.05, 4.69) is 40.0 Å². The van der Waals surface area contributed by atoms with Gasteiger partial charge in [0.15, 0.2) is 0 Å². The van der Waals surface area contributed by atoms with Crippen molar-refractivity contribution >= 4 is 34.5 Å². The number of Topliss-reactive ketones (excluding diaryl/α,β-unsaturated/α-hetero) is 1. The molecule has 6 nitrogen and oxygen atoms in total. The molecule has 3 aromatic heterocycles. The van der Waals surface area contributed by atoms with Gasteiger partial charge in [-0.2, -0.15) is 4.98 Å². The molecule has 0 fully saturated rings. The number of thioether (sulfide) groups is 1. The van der Waals surface area contributed by atoms with E-state index < -0.39 is 0 Å². The maximum atomic E-state index is 13.1. The molecule has 0 unspecified atom stereocenters. The van der Waals surface area contributed by atoms with Gasteiger partial charge < -0.3 is 9.88 Å². The first kappa shape index (κ1) is 28.6. The second-order valence-electron chi connectivity index (χ2n) is 6.79. The number of hydrogen-bond acceptors (Lipinski definition) is 6. The number of ketones is 1. The minimum atomic E-state index is -0.223. The number of rotatable bonds is 9. The summed E-state index contributed by atoms with van der Waals surface area (Å²) < 4.78 is 1.92. The average Bonchev–Trinajstić information content (AvgIpc) is 3.18. The highest BCUT2D eigenvalue weighted by molar-refractivity contribution is 8.06. The van der Waals surface area contributed by atoms with Crippen molar-refractivity contribution in [1.29, 1.82) is 0 Å². The summed E-state index contributed by atoms with van der Waals surface area (Å²) in [5, 5.41) is 5.55. The van der Waals surface area contributed by atoms with Crippen LogP contribution in [-0.4, -0.2) is 25.3 Å². The number of anilines is 1. The smallest absolute Gasteiger partial charge is 0.225 e. The Morgan fingerprint density at radius 2 is 1.94 bits per heavy atom. The van der Waals surface area contributed by atoms with Crippen molar-refractivity contribution in [3.8, 4) is 0 Å². The van der Waals surface area contributed by atoms with Crippen LogP contribution in [0.25, 0.3) is 11.0 Å². The molecule has 180 valence electrons. The second kappa shape index (κ2) is 15.4. The Hall–Kier alpha value is -3.45. The number of aryl methyl sites for hydroxylation is 1. The summed E-state index contributed by atoms with van der Waals surface area (Å²) in [4.78, 5) is 26.8. The molecule has 7 heteroatoms. The maximum Gasteiger partial charge on any atom is 0.225 e. The van der Waals surface area contributed by atoms with Gasteiger partial charge in [-0.05, 0) is 42.9 Å². The molecule has 0 aliphatic carbocycles. The first-order chi connectivity index (χ1) is 16.5. The Morgan fingerprint density at radius 3 is 2.53 bits per heavy atom. The zero-order chi connectivity index (χ0) is 25.5. The van der Waals surface area contributed by atoms with Crippen LogP contribution in [0.1, 0.15) is 49.3 Å². The van der Waals surface area contributed by atoms with Crippen LogP contribution in [0.15, 0.2) is 79.0 Å². The molecule has 0 aliphatic heterocycles. The van der Waals surface area contributed by atoms with E-state index in [0.717, 1.165) is 16.5 Å². The Bertz CT molecular complexity index is 1130. The largest absolute Gasteiger partial charge is 0.350 e. The number of hydrogen-bond donors (Lipinski definition) is 1. The van der Waals surface area contributed by atoms with Crippen LogP contribution >= 0.6 is 11.8 Å². The number of aromatic nitrogens is 4. The molecule has 3 aromatic rings. The van der Waals surface area contributed by atoms with Gasteiger partial charge in [-0.1, -0.05) is 63.1 Å². The van der Waals surface area contributed by atoms with Crippen molar-refractivity contribution < 1.29 is 4.79 Å². The van der Waals surface area contributed by atoms with Crippen molar-refractivity contribution in [2.75, 3.05) is 5.32 Å². The van der Waals surface area contributed by atoms with E-state index in [0.29, 0.717) is 35.2 Å². The van der Waals surface area contributed by atoms with Gasteiger partial charge in [0.05, 0.1) is 10.3 Å². The predicted molar refractivity (Wildman–Crippen MR) is 147 cm³/mol. The topological polar surface area (TPSA) is 72.7 Å². The van der Waals surface area contributed by atoms with E-state index in [1.165, 1.54) is 11.8 Å². The number of pyridine rings is 1. The van der Waals surface area contributed by atoms with Crippen LogP contribution in [0.2, 0.25) is 0 Å². The molecule has 0 aliphatic rings. The summed E-state index contributed by atoms with van der Waals surface area (Å²) in [6.45, 7) is 19.3. The van der Waals surface area contributed by atoms with Crippen LogP contribution in [0.5, 0.6) is 0 Å². The lowest BCUT2D eigenvalue weighted by molar-refractivity contribution is 0.104. The minimum Gasteiger partial charge on any atom is -0.350 e. The fourth-order valence-electron chi connectivity index (χ4n) is 2.97. The van der Waals surface area contributed by atoms with Crippen LogP contribution in [0.3, 0.4) is 0 Å². The first-order valence-electron chi connectivity index (χ1n) is 11.1. The molecule has 3 rings (SSSR count). The third-order valence-corrected chi connectivity index (χ3v) is 4.97. The Balaban J connectivity index is 0.00000107. The zero-order valence-corrected chi connectivity index (χ0v) is 21.7. The number of nitrogens with zero attached hydrogens (tertiary/aromatic N) is 4. The van der Waals surface area contributed by atoms with Crippen molar-refractivity contribution in [1.82, 2.24) is 19.5 Å². The summed E-state index contributed by atoms with van der Waals surface area (Å²) in [6.07, 6.45) is 12.0. The van der Waals surface area contributed by atoms with Gasteiger partial charge in [-0.3, -0.25) is 9.78 Å². The molecule has 1 N–H and O–H groups in total. The van der Waals surface area contributed by atoms with Crippen molar-refractivity contribution in [2.45, 2.75) is 40.7 Å². The van der Waals surface area contributed by atoms with E-state index in [9.17, 15) is 4.79 Å². The zero-order valence-electron chi connectivity index (χ0n) is 20.8. The molecule has 3 heterocycles. The molecule has 0 radical (unpaired) electrons. The van der Waals surface area contributed by atoms with Gasteiger partial charge >= 0.3 is 0 Å². The quantitative estimate of drug-likeness (QED) is 0.206. The summed E-state index contributed by atoms with van der Waals surface area (Å²) in [5.74, 6) is 0.166. The van der Waals surface area contributed by atoms with E-state index in [1.807, 2.05) is 69.8 Å². The number of nitrogens with one attached hydrogen (secondary N) is 1. The molecule has 0 atom stereocenters. The highest BCUT2D eigenvalue weighted by Crippen LogP contribution is 2.28. The van der Waals surface area contributed by atoms with Crippen LogP contribution < -0.4 is 5.32 Å². The molecule has 0 bridgehead atoms. The van der Waals surface area contributed by atoms with Gasteiger partial charge in [0.1, 0.15) is 11.3 Å². The van der Waals surface area contributed by atoms with Gasteiger partial charge in [0.2, 0.25) is 11.7 Å². The SMILES string of the molecule is C=CC.C=CSC(=C)C(=O)c1nc(NCc2cccnc2)nc2c1c(C/C=C\C)cn2C.CC. The Kier molecular flexibility index (Phi) is 12.9.